The van der Waals surface area contributed by atoms with Crippen molar-refractivity contribution >= 4 is 27.5 Å². The van der Waals surface area contributed by atoms with Gasteiger partial charge in [-0.15, -0.1) is 0 Å². The number of carbonyl (C=O) groups is 1. The maximum atomic E-state index is 10.8. The van der Waals surface area contributed by atoms with Crippen LogP contribution in [-0.4, -0.2) is 10.9 Å². The van der Waals surface area contributed by atoms with Crippen molar-refractivity contribution < 1.29 is 4.79 Å². The van der Waals surface area contributed by atoms with Crippen LogP contribution < -0.4 is 5.32 Å². The van der Waals surface area contributed by atoms with Gasteiger partial charge in [0.2, 0.25) is 5.91 Å². The lowest BCUT2D eigenvalue weighted by molar-refractivity contribution is -0.114. The highest BCUT2D eigenvalue weighted by Crippen LogP contribution is 2.23. The third kappa shape index (κ3) is 2.04. The van der Waals surface area contributed by atoms with E-state index >= 15 is 0 Å². The Labute approximate surface area is 79.3 Å². The van der Waals surface area contributed by atoms with E-state index in [0.717, 1.165) is 15.9 Å². The summed E-state index contributed by atoms with van der Waals surface area (Å²) < 4.78 is 0.852. The fourth-order valence-corrected chi connectivity index (χ4v) is 1.37. The SMILES string of the molecule is CC(=O)Nc1c(Br)ccnc1C. The summed E-state index contributed by atoms with van der Waals surface area (Å²) in [6.45, 7) is 3.31. The number of aryl methyl sites for hydroxylation is 1. The Morgan fingerprint density at radius 2 is 2.33 bits per heavy atom. The third-order valence-electron chi connectivity index (χ3n) is 1.39. The minimum Gasteiger partial charge on any atom is -0.324 e. The van der Waals surface area contributed by atoms with Crippen molar-refractivity contribution in [2.24, 2.45) is 0 Å². The molecule has 1 heterocycles. The number of amides is 1. The van der Waals surface area contributed by atoms with Gasteiger partial charge >= 0.3 is 0 Å². The molecule has 1 rings (SSSR count). The van der Waals surface area contributed by atoms with Crippen LogP contribution in [-0.2, 0) is 4.79 Å². The predicted octanol–water partition coefficient (Wildman–Crippen LogP) is 2.11. The number of anilines is 1. The molecule has 0 aliphatic rings. The standard InChI is InChI=1S/C8H9BrN2O/c1-5-8(11-6(2)12)7(9)3-4-10-5/h3-4H,1-2H3,(H,11,12). The van der Waals surface area contributed by atoms with Crippen LogP contribution in [0.25, 0.3) is 0 Å². The van der Waals surface area contributed by atoms with Crippen molar-refractivity contribution in [1.82, 2.24) is 4.98 Å². The second-order valence-corrected chi connectivity index (χ2v) is 3.29. The fourth-order valence-electron chi connectivity index (χ4n) is 0.861. The largest absolute Gasteiger partial charge is 0.324 e. The van der Waals surface area contributed by atoms with Crippen molar-refractivity contribution in [3.63, 3.8) is 0 Å². The molecule has 1 aromatic rings. The van der Waals surface area contributed by atoms with Gasteiger partial charge in [0.25, 0.3) is 0 Å². The Morgan fingerprint density at radius 1 is 1.67 bits per heavy atom. The van der Waals surface area contributed by atoms with E-state index in [1.807, 2.05) is 6.92 Å². The summed E-state index contributed by atoms with van der Waals surface area (Å²) in [5, 5.41) is 2.69. The van der Waals surface area contributed by atoms with Crippen LogP contribution in [0, 0.1) is 6.92 Å². The van der Waals surface area contributed by atoms with Crippen LogP contribution in [0.2, 0.25) is 0 Å². The smallest absolute Gasteiger partial charge is 0.221 e. The zero-order chi connectivity index (χ0) is 9.14. The lowest BCUT2D eigenvalue weighted by Gasteiger charge is -2.06. The molecule has 0 spiro atoms. The average molecular weight is 229 g/mol. The van der Waals surface area contributed by atoms with Crippen LogP contribution in [0.5, 0.6) is 0 Å². The number of aromatic nitrogens is 1. The van der Waals surface area contributed by atoms with Crippen molar-refractivity contribution in [1.29, 1.82) is 0 Å². The number of nitrogens with one attached hydrogen (secondary N) is 1. The monoisotopic (exact) mass is 228 g/mol. The molecule has 1 N–H and O–H groups in total. The molecule has 1 amide bonds. The van der Waals surface area contributed by atoms with Gasteiger partial charge in [-0.3, -0.25) is 9.78 Å². The molecule has 0 saturated heterocycles. The van der Waals surface area contributed by atoms with E-state index in [0.29, 0.717) is 0 Å². The molecule has 0 bridgehead atoms. The number of rotatable bonds is 1. The summed E-state index contributed by atoms with van der Waals surface area (Å²) in [5.74, 6) is -0.0909. The maximum Gasteiger partial charge on any atom is 0.221 e. The second-order valence-electron chi connectivity index (χ2n) is 2.43. The topological polar surface area (TPSA) is 42.0 Å². The molecule has 0 aliphatic carbocycles. The predicted molar refractivity (Wildman–Crippen MR) is 51.0 cm³/mol. The van der Waals surface area contributed by atoms with Gasteiger partial charge in [0, 0.05) is 17.6 Å². The quantitative estimate of drug-likeness (QED) is 0.801. The molecule has 4 heteroatoms. The van der Waals surface area contributed by atoms with Crippen molar-refractivity contribution in [3.8, 4) is 0 Å². The Morgan fingerprint density at radius 3 is 2.83 bits per heavy atom. The number of nitrogens with zero attached hydrogens (tertiary/aromatic N) is 1. The number of carbonyl (C=O) groups excluding carboxylic acids is 1. The third-order valence-corrected chi connectivity index (χ3v) is 2.05. The lowest BCUT2D eigenvalue weighted by Crippen LogP contribution is -2.08. The first-order chi connectivity index (χ1) is 5.61. The van der Waals surface area contributed by atoms with Gasteiger partial charge in [0.1, 0.15) is 0 Å². The Hall–Kier alpha value is -0.900. The number of halogens is 1. The van der Waals surface area contributed by atoms with Crippen molar-refractivity contribution in [2.45, 2.75) is 13.8 Å². The summed E-state index contributed by atoms with van der Waals surface area (Å²) in [7, 11) is 0. The highest BCUT2D eigenvalue weighted by Gasteiger charge is 2.04. The van der Waals surface area contributed by atoms with Gasteiger partial charge in [-0.25, -0.2) is 0 Å². The van der Waals surface area contributed by atoms with Crippen LogP contribution in [0.15, 0.2) is 16.7 Å². The van der Waals surface area contributed by atoms with E-state index in [2.05, 4.69) is 26.2 Å². The normalized spacial score (nSPS) is 9.58. The molecule has 0 fully saturated rings. The first-order valence-corrected chi connectivity index (χ1v) is 4.29. The summed E-state index contributed by atoms with van der Waals surface area (Å²) in [4.78, 5) is 14.8. The number of pyridine rings is 1. The van der Waals surface area contributed by atoms with E-state index in [9.17, 15) is 4.79 Å². The summed E-state index contributed by atoms with van der Waals surface area (Å²) in [6, 6.07) is 1.79. The molecule has 1 aromatic heterocycles. The van der Waals surface area contributed by atoms with E-state index in [4.69, 9.17) is 0 Å². The average Bonchev–Trinajstić information content (AvgIpc) is 1.97. The van der Waals surface area contributed by atoms with E-state index in [1.165, 1.54) is 6.92 Å². The first-order valence-electron chi connectivity index (χ1n) is 3.50. The van der Waals surface area contributed by atoms with Gasteiger partial charge < -0.3 is 5.32 Å². The Balaban J connectivity index is 3.04. The highest BCUT2D eigenvalue weighted by atomic mass is 79.9. The minimum absolute atomic E-state index is 0.0909. The van der Waals surface area contributed by atoms with Gasteiger partial charge in [0.15, 0.2) is 0 Å². The molecule has 0 aromatic carbocycles. The Bertz CT molecular complexity index is 292. The van der Waals surface area contributed by atoms with Crippen LogP contribution in [0.4, 0.5) is 5.69 Å². The van der Waals surface area contributed by atoms with Gasteiger partial charge in [-0.1, -0.05) is 0 Å². The summed E-state index contributed by atoms with van der Waals surface area (Å²) in [6.07, 6.45) is 1.69. The molecule has 3 nitrogen and oxygen atoms in total. The highest BCUT2D eigenvalue weighted by molar-refractivity contribution is 9.10. The van der Waals surface area contributed by atoms with Crippen LogP contribution >= 0.6 is 15.9 Å². The number of hydrogen-bond donors (Lipinski definition) is 1. The van der Waals surface area contributed by atoms with Crippen LogP contribution in [0.3, 0.4) is 0 Å². The summed E-state index contributed by atoms with van der Waals surface area (Å²) in [5.41, 5.74) is 1.55. The van der Waals surface area contributed by atoms with E-state index in [1.54, 1.807) is 12.3 Å². The molecular weight excluding hydrogens is 220 g/mol. The zero-order valence-corrected chi connectivity index (χ0v) is 8.47. The molecule has 0 atom stereocenters. The van der Waals surface area contributed by atoms with Gasteiger partial charge in [-0.05, 0) is 28.9 Å². The molecule has 0 saturated carbocycles. The van der Waals surface area contributed by atoms with Gasteiger partial charge in [0.05, 0.1) is 11.4 Å². The lowest BCUT2D eigenvalue weighted by atomic mass is 10.3. The molecule has 0 radical (unpaired) electrons. The van der Waals surface area contributed by atoms with Crippen molar-refractivity contribution in [2.75, 3.05) is 5.32 Å². The minimum atomic E-state index is -0.0909. The summed E-state index contributed by atoms with van der Waals surface area (Å²) >= 11 is 3.32. The van der Waals surface area contributed by atoms with Crippen LogP contribution in [0.1, 0.15) is 12.6 Å². The molecule has 12 heavy (non-hydrogen) atoms. The van der Waals surface area contributed by atoms with E-state index < -0.39 is 0 Å². The van der Waals surface area contributed by atoms with Gasteiger partial charge in [-0.2, -0.15) is 0 Å². The second kappa shape index (κ2) is 3.67. The van der Waals surface area contributed by atoms with Crippen molar-refractivity contribution in [3.05, 3.63) is 22.4 Å². The molecule has 64 valence electrons. The maximum absolute atomic E-state index is 10.8. The van der Waals surface area contributed by atoms with E-state index in [-0.39, 0.29) is 5.91 Å². The molecule has 0 aliphatic heterocycles. The fraction of sp³-hybridized carbons (Fsp3) is 0.250. The Kier molecular flexibility index (Phi) is 2.81. The number of hydrogen-bond acceptors (Lipinski definition) is 2. The molecule has 0 unspecified atom stereocenters. The first kappa shape index (κ1) is 9.19. The molecular formula is C8H9BrN2O. The zero-order valence-electron chi connectivity index (χ0n) is 6.89.